The fourth-order valence-electron chi connectivity index (χ4n) is 2.61. The molecule has 3 rings (SSSR count). The van der Waals surface area contributed by atoms with Crippen LogP contribution in [0.5, 0.6) is 5.75 Å². The molecule has 1 aromatic heterocycles. The van der Waals surface area contributed by atoms with E-state index >= 15 is 0 Å². The van der Waals surface area contributed by atoms with E-state index in [0.29, 0.717) is 12.5 Å². The van der Waals surface area contributed by atoms with Gasteiger partial charge in [-0.15, -0.1) is 0 Å². The van der Waals surface area contributed by atoms with Gasteiger partial charge in [-0.25, -0.2) is 4.68 Å². The van der Waals surface area contributed by atoms with Crippen molar-refractivity contribution >= 4 is 5.69 Å². The van der Waals surface area contributed by atoms with Crippen molar-refractivity contribution < 1.29 is 5.11 Å². The third-order valence-corrected chi connectivity index (χ3v) is 3.87. The number of nitrogens with two attached hydrogens (primary N) is 1. The number of benzene rings is 1. The lowest BCUT2D eigenvalue weighted by Crippen LogP contribution is -2.18. The van der Waals surface area contributed by atoms with Crippen molar-refractivity contribution in [1.82, 2.24) is 9.78 Å². The largest absolute Gasteiger partial charge is 0.506 e. The minimum Gasteiger partial charge on any atom is -0.506 e. The lowest BCUT2D eigenvalue weighted by atomic mass is 9.82. The Bertz CT molecular complexity index is 589. The number of phenols is 1. The van der Waals surface area contributed by atoms with E-state index in [4.69, 9.17) is 5.73 Å². The first-order chi connectivity index (χ1) is 9.81. The third-order valence-electron chi connectivity index (χ3n) is 3.87. The molecule has 5 heteroatoms. The van der Waals surface area contributed by atoms with E-state index in [1.165, 1.54) is 19.3 Å². The lowest BCUT2D eigenvalue weighted by molar-refractivity contribution is 0.401. The Kier molecular flexibility index (Phi) is 3.60. The summed E-state index contributed by atoms with van der Waals surface area (Å²) < 4.78 is 1.86. The average molecular weight is 272 g/mol. The second-order valence-corrected chi connectivity index (χ2v) is 5.19. The smallest absolute Gasteiger partial charge is 0.141 e. The summed E-state index contributed by atoms with van der Waals surface area (Å²) in [6.45, 7) is 1.32. The standard InChI is InChI=1S/C15H20N4O/c16-8-9-17-12-10-18-19(15(12)11-4-3-5-11)13-6-1-2-7-14(13)20/h1-2,6-7,10-11,17,20H,3-5,8-9,16H2. The van der Waals surface area contributed by atoms with Gasteiger partial charge in [-0.1, -0.05) is 18.6 Å². The normalized spacial score (nSPS) is 15.1. The number of nitrogens with zero attached hydrogens (tertiary/aromatic N) is 2. The third kappa shape index (κ3) is 2.25. The highest BCUT2D eigenvalue weighted by Crippen LogP contribution is 2.41. The van der Waals surface area contributed by atoms with Crippen molar-refractivity contribution in [3.05, 3.63) is 36.2 Å². The highest BCUT2D eigenvalue weighted by Gasteiger charge is 2.27. The zero-order valence-corrected chi connectivity index (χ0v) is 11.4. The number of hydrogen-bond donors (Lipinski definition) is 3. The molecule has 0 radical (unpaired) electrons. The van der Waals surface area contributed by atoms with Gasteiger partial charge in [0.15, 0.2) is 0 Å². The van der Waals surface area contributed by atoms with E-state index < -0.39 is 0 Å². The van der Waals surface area contributed by atoms with Gasteiger partial charge in [0, 0.05) is 19.0 Å². The first kappa shape index (κ1) is 13.0. The Morgan fingerprint density at radius 3 is 2.80 bits per heavy atom. The first-order valence-electron chi connectivity index (χ1n) is 7.11. The van der Waals surface area contributed by atoms with Crippen LogP contribution in [0.4, 0.5) is 5.69 Å². The predicted octanol–water partition coefficient (Wildman–Crippen LogP) is 2.22. The molecule has 4 N–H and O–H groups in total. The van der Waals surface area contributed by atoms with Gasteiger partial charge in [-0.05, 0) is 25.0 Å². The maximum atomic E-state index is 10.0. The highest BCUT2D eigenvalue weighted by molar-refractivity contribution is 5.55. The van der Waals surface area contributed by atoms with Gasteiger partial charge < -0.3 is 16.2 Å². The van der Waals surface area contributed by atoms with Crippen LogP contribution in [0.15, 0.2) is 30.5 Å². The minimum absolute atomic E-state index is 0.251. The number of aromatic nitrogens is 2. The van der Waals surface area contributed by atoms with Crippen LogP contribution in [-0.4, -0.2) is 28.0 Å². The van der Waals surface area contributed by atoms with Crippen molar-refractivity contribution in [3.63, 3.8) is 0 Å². The quantitative estimate of drug-likeness (QED) is 0.780. The maximum Gasteiger partial charge on any atom is 0.141 e. The molecule has 0 spiro atoms. The molecule has 1 saturated carbocycles. The summed E-state index contributed by atoms with van der Waals surface area (Å²) in [6.07, 6.45) is 5.44. The van der Waals surface area contributed by atoms with Crippen LogP contribution >= 0.6 is 0 Å². The van der Waals surface area contributed by atoms with Crippen molar-refractivity contribution in [2.45, 2.75) is 25.2 Å². The van der Waals surface area contributed by atoms with Crippen LogP contribution in [0.2, 0.25) is 0 Å². The summed E-state index contributed by atoms with van der Waals surface area (Å²) >= 11 is 0. The molecule has 0 bridgehead atoms. The summed E-state index contributed by atoms with van der Waals surface area (Å²) in [5.41, 5.74) is 8.48. The second-order valence-electron chi connectivity index (χ2n) is 5.19. The van der Waals surface area contributed by atoms with E-state index in [-0.39, 0.29) is 5.75 Å². The number of aromatic hydroxyl groups is 1. The molecule has 1 aliphatic carbocycles. The summed E-state index contributed by atoms with van der Waals surface area (Å²) in [5, 5.41) is 17.8. The predicted molar refractivity (Wildman–Crippen MR) is 79.4 cm³/mol. The van der Waals surface area contributed by atoms with Gasteiger partial charge in [0.1, 0.15) is 11.4 Å². The molecular weight excluding hydrogens is 252 g/mol. The molecule has 0 saturated heterocycles. The molecule has 1 heterocycles. The van der Waals surface area contributed by atoms with E-state index in [2.05, 4.69) is 10.4 Å². The van der Waals surface area contributed by atoms with Crippen molar-refractivity contribution in [2.75, 3.05) is 18.4 Å². The molecular formula is C15H20N4O. The zero-order valence-electron chi connectivity index (χ0n) is 11.4. The van der Waals surface area contributed by atoms with Gasteiger partial charge in [-0.3, -0.25) is 0 Å². The van der Waals surface area contributed by atoms with E-state index in [1.54, 1.807) is 6.07 Å². The fourth-order valence-corrected chi connectivity index (χ4v) is 2.61. The molecule has 0 aliphatic heterocycles. The number of anilines is 1. The van der Waals surface area contributed by atoms with Crippen LogP contribution in [-0.2, 0) is 0 Å². The summed E-state index contributed by atoms with van der Waals surface area (Å²) in [7, 11) is 0. The molecule has 5 nitrogen and oxygen atoms in total. The van der Waals surface area contributed by atoms with Crippen LogP contribution < -0.4 is 11.1 Å². The molecule has 1 fully saturated rings. The fraction of sp³-hybridized carbons (Fsp3) is 0.400. The Hall–Kier alpha value is -2.01. The minimum atomic E-state index is 0.251. The van der Waals surface area contributed by atoms with E-state index in [1.807, 2.05) is 29.1 Å². The topological polar surface area (TPSA) is 76.1 Å². The lowest BCUT2D eigenvalue weighted by Gasteiger charge is -2.27. The number of rotatable bonds is 5. The van der Waals surface area contributed by atoms with Crippen molar-refractivity contribution in [2.24, 2.45) is 5.73 Å². The van der Waals surface area contributed by atoms with Crippen LogP contribution in [0.1, 0.15) is 30.9 Å². The Morgan fingerprint density at radius 2 is 2.15 bits per heavy atom. The van der Waals surface area contributed by atoms with Gasteiger partial charge in [0.05, 0.1) is 17.6 Å². The highest BCUT2D eigenvalue weighted by atomic mass is 16.3. The molecule has 20 heavy (non-hydrogen) atoms. The molecule has 106 valence electrons. The summed E-state index contributed by atoms with van der Waals surface area (Å²) in [4.78, 5) is 0. The molecule has 0 amide bonds. The SMILES string of the molecule is NCCNc1cnn(-c2ccccc2O)c1C1CCC1. The van der Waals surface area contributed by atoms with Crippen LogP contribution in [0.25, 0.3) is 5.69 Å². The number of phenolic OH excluding ortho intramolecular Hbond substituents is 1. The monoisotopic (exact) mass is 272 g/mol. The molecule has 2 aromatic rings. The number of para-hydroxylation sites is 2. The van der Waals surface area contributed by atoms with E-state index in [0.717, 1.165) is 23.6 Å². The second kappa shape index (κ2) is 5.54. The molecule has 0 unspecified atom stereocenters. The maximum absolute atomic E-state index is 10.0. The summed E-state index contributed by atoms with van der Waals surface area (Å²) in [6, 6.07) is 7.30. The van der Waals surface area contributed by atoms with Crippen molar-refractivity contribution in [3.8, 4) is 11.4 Å². The van der Waals surface area contributed by atoms with Crippen LogP contribution in [0.3, 0.4) is 0 Å². The molecule has 0 atom stereocenters. The van der Waals surface area contributed by atoms with Gasteiger partial charge in [-0.2, -0.15) is 5.10 Å². The van der Waals surface area contributed by atoms with E-state index in [9.17, 15) is 5.11 Å². The summed E-state index contributed by atoms with van der Waals surface area (Å²) in [5.74, 6) is 0.763. The zero-order chi connectivity index (χ0) is 13.9. The van der Waals surface area contributed by atoms with Crippen molar-refractivity contribution in [1.29, 1.82) is 0 Å². The Labute approximate surface area is 118 Å². The Morgan fingerprint density at radius 1 is 1.35 bits per heavy atom. The number of hydrogen-bond acceptors (Lipinski definition) is 4. The average Bonchev–Trinajstić information content (AvgIpc) is 2.79. The molecule has 1 aromatic carbocycles. The van der Waals surface area contributed by atoms with Crippen LogP contribution in [0, 0.1) is 0 Å². The van der Waals surface area contributed by atoms with Gasteiger partial charge in [0.2, 0.25) is 0 Å². The molecule has 1 aliphatic rings. The first-order valence-corrected chi connectivity index (χ1v) is 7.11. The van der Waals surface area contributed by atoms with Gasteiger partial charge in [0.25, 0.3) is 0 Å². The van der Waals surface area contributed by atoms with Gasteiger partial charge >= 0.3 is 0 Å². The Balaban J connectivity index is 2.02. The number of nitrogens with one attached hydrogen (secondary N) is 1.